The van der Waals surface area contributed by atoms with E-state index in [4.69, 9.17) is 5.41 Å². The van der Waals surface area contributed by atoms with Crippen LogP contribution in [0, 0.1) is 11.3 Å². The predicted octanol–water partition coefficient (Wildman–Crippen LogP) is 1.90. The second-order valence-corrected chi connectivity index (χ2v) is 4.40. The molecule has 2 aliphatic heterocycles. The van der Waals surface area contributed by atoms with Gasteiger partial charge < -0.3 is 10.3 Å². The van der Waals surface area contributed by atoms with Gasteiger partial charge in [-0.1, -0.05) is 0 Å². The van der Waals surface area contributed by atoms with Crippen molar-refractivity contribution in [1.29, 1.82) is 5.41 Å². The Bertz CT molecular complexity index is 186. The second-order valence-electron chi connectivity index (χ2n) is 4.40. The highest BCUT2D eigenvalue weighted by molar-refractivity contribution is 5.81. The molecule has 0 aromatic carbocycles. The summed E-state index contributed by atoms with van der Waals surface area (Å²) in [5.74, 6) is 0.596. The molecule has 0 aliphatic carbocycles. The van der Waals surface area contributed by atoms with Crippen LogP contribution in [-0.4, -0.2) is 29.7 Å². The van der Waals surface area contributed by atoms with Crippen molar-refractivity contribution in [2.45, 2.75) is 44.7 Å². The molecule has 0 aromatic heterocycles. The Balaban J connectivity index is 2.07. The average molecular weight is 166 g/mol. The van der Waals surface area contributed by atoms with Crippen molar-refractivity contribution >= 4 is 5.71 Å². The molecule has 2 rings (SSSR count). The predicted molar refractivity (Wildman–Crippen MR) is 50.7 cm³/mol. The first-order chi connectivity index (χ1) is 5.68. The molecule has 2 nitrogen and oxygen atoms in total. The molecule has 0 radical (unpaired) electrons. The van der Waals surface area contributed by atoms with Crippen LogP contribution in [0.1, 0.15) is 32.6 Å². The standard InChI is InChI=1S/C10H18N2/c1-7(11)8-5-9-3-4-10(6-8)12(9)2/h8-11H,3-6H2,1-2H3. The molecular weight excluding hydrogens is 148 g/mol. The lowest BCUT2D eigenvalue weighted by molar-refractivity contribution is 0.158. The number of hydrogen-bond acceptors (Lipinski definition) is 2. The van der Waals surface area contributed by atoms with Gasteiger partial charge in [-0.3, -0.25) is 0 Å². The van der Waals surface area contributed by atoms with Crippen molar-refractivity contribution in [3.05, 3.63) is 0 Å². The van der Waals surface area contributed by atoms with E-state index in [-0.39, 0.29) is 0 Å². The van der Waals surface area contributed by atoms with Crippen LogP contribution in [0.2, 0.25) is 0 Å². The minimum absolute atomic E-state index is 0.596. The fourth-order valence-corrected chi connectivity index (χ4v) is 2.77. The average Bonchev–Trinajstić information content (AvgIpc) is 2.30. The molecule has 2 saturated heterocycles. The van der Waals surface area contributed by atoms with E-state index in [0.29, 0.717) is 5.92 Å². The number of nitrogens with one attached hydrogen (secondary N) is 1. The maximum atomic E-state index is 7.64. The topological polar surface area (TPSA) is 27.1 Å². The zero-order valence-electron chi connectivity index (χ0n) is 8.01. The molecule has 2 aliphatic rings. The molecule has 0 spiro atoms. The summed E-state index contributed by atoms with van der Waals surface area (Å²) in [5, 5.41) is 7.64. The van der Waals surface area contributed by atoms with Gasteiger partial charge in [0.25, 0.3) is 0 Å². The van der Waals surface area contributed by atoms with Crippen LogP contribution in [0.4, 0.5) is 0 Å². The number of hydrogen-bond donors (Lipinski definition) is 1. The highest BCUT2D eigenvalue weighted by atomic mass is 15.2. The fraction of sp³-hybridized carbons (Fsp3) is 0.900. The minimum Gasteiger partial charge on any atom is -0.310 e. The molecule has 0 aromatic rings. The maximum absolute atomic E-state index is 7.64. The number of nitrogens with zero attached hydrogens (tertiary/aromatic N) is 1. The summed E-state index contributed by atoms with van der Waals surface area (Å²) in [7, 11) is 2.25. The van der Waals surface area contributed by atoms with E-state index < -0.39 is 0 Å². The van der Waals surface area contributed by atoms with Crippen LogP contribution in [0.3, 0.4) is 0 Å². The summed E-state index contributed by atoms with van der Waals surface area (Å²) in [5.41, 5.74) is 0.903. The molecule has 12 heavy (non-hydrogen) atoms. The summed E-state index contributed by atoms with van der Waals surface area (Å²) in [6.45, 7) is 1.97. The molecular formula is C10H18N2. The molecule has 68 valence electrons. The third kappa shape index (κ3) is 1.18. The van der Waals surface area contributed by atoms with E-state index in [0.717, 1.165) is 17.8 Å². The smallest absolute Gasteiger partial charge is 0.0102 e. The molecule has 0 saturated carbocycles. The highest BCUT2D eigenvalue weighted by Gasteiger charge is 2.38. The van der Waals surface area contributed by atoms with Crippen LogP contribution < -0.4 is 0 Å². The van der Waals surface area contributed by atoms with Crippen molar-refractivity contribution in [2.75, 3.05) is 7.05 Å². The van der Waals surface area contributed by atoms with Gasteiger partial charge in [-0.25, -0.2) is 0 Å². The van der Waals surface area contributed by atoms with Crippen LogP contribution in [-0.2, 0) is 0 Å². The van der Waals surface area contributed by atoms with Crippen LogP contribution in [0.5, 0.6) is 0 Å². The van der Waals surface area contributed by atoms with Gasteiger partial charge in [0, 0.05) is 17.8 Å². The van der Waals surface area contributed by atoms with Crippen molar-refractivity contribution < 1.29 is 0 Å². The SMILES string of the molecule is CC(=N)C1CC2CCC(C1)N2C. The van der Waals surface area contributed by atoms with Gasteiger partial charge in [-0.2, -0.15) is 0 Å². The third-order valence-corrected chi connectivity index (χ3v) is 3.71. The van der Waals surface area contributed by atoms with E-state index in [1.54, 1.807) is 0 Å². The Kier molecular flexibility index (Phi) is 1.95. The van der Waals surface area contributed by atoms with Gasteiger partial charge in [0.05, 0.1) is 0 Å². The monoisotopic (exact) mass is 166 g/mol. The van der Waals surface area contributed by atoms with Crippen molar-refractivity contribution in [3.8, 4) is 0 Å². The quantitative estimate of drug-likeness (QED) is 0.592. The molecule has 2 unspecified atom stereocenters. The van der Waals surface area contributed by atoms with E-state index in [1.165, 1.54) is 25.7 Å². The molecule has 0 amide bonds. The van der Waals surface area contributed by atoms with Gasteiger partial charge in [-0.15, -0.1) is 0 Å². The summed E-state index contributed by atoms with van der Waals surface area (Å²) in [6.07, 6.45) is 5.21. The first-order valence-corrected chi connectivity index (χ1v) is 4.95. The lowest BCUT2D eigenvalue weighted by atomic mass is 9.88. The summed E-state index contributed by atoms with van der Waals surface area (Å²) < 4.78 is 0. The normalized spacial score (nSPS) is 41.7. The first-order valence-electron chi connectivity index (χ1n) is 4.95. The van der Waals surface area contributed by atoms with Gasteiger partial charge in [0.2, 0.25) is 0 Å². The first kappa shape index (κ1) is 8.24. The minimum atomic E-state index is 0.596. The van der Waals surface area contributed by atoms with Crippen LogP contribution >= 0.6 is 0 Å². The number of piperidine rings is 1. The van der Waals surface area contributed by atoms with E-state index in [9.17, 15) is 0 Å². The molecule has 1 N–H and O–H groups in total. The lowest BCUT2D eigenvalue weighted by Crippen LogP contribution is -2.41. The Labute approximate surface area is 74.5 Å². The fourth-order valence-electron chi connectivity index (χ4n) is 2.77. The Morgan fingerprint density at radius 2 is 1.75 bits per heavy atom. The lowest BCUT2D eigenvalue weighted by Gasteiger charge is -2.36. The second kappa shape index (κ2) is 2.84. The summed E-state index contributed by atoms with van der Waals surface area (Å²) in [4.78, 5) is 2.53. The molecule has 2 bridgehead atoms. The van der Waals surface area contributed by atoms with Crippen LogP contribution in [0.25, 0.3) is 0 Å². The summed E-state index contributed by atoms with van der Waals surface area (Å²) in [6, 6.07) is 1.57. The number of fused-ring (bicyclic) bond motifs is 2. The molecule has 2 heterocycles. The molecule has 2 heteroatoms. The zero-order chi connectivity index (χ0) is 8.72. The Hall–Kier alpha value is -0.370. The molecule has 2 fully saturated rings. The van der Waals surface area contributed by atoms with Crippen molar-refractivity contribution in [3.63, 3.8) is 0 Å². The highest BCUT2D eigenvalue weighted by Crippen LogP contribution is 2.37. The van der Waals surface area contributed by atoms with E-state index in [1.807, 2.05) is 6.92 Å². The summed E-state index contributed by atoms with van der Waals surface area (Å²) >= 11 is 0. The van der Waals surface area contributed by atoms with Crippen molar-refractivity contribution in [2.24, 2.45) is 5.92 Å². The van der Waals surface area contributed by atoms with Crippen molar-refractivity contribution in [1.82, 2.24) is 4.90 Å². The van der Waals surface area contributed by atoms with Gasteiger partial charge >= 0.3 is 0 Å². The van der Waals surface area contributed by atoms with Gasteiger partial charge in [0.1, 0.15) is 0 Å². The van der Waals surface area contributed by atoms with E-state index >= 15 is 0 Å². The van der Waals surface area contributed by atoms with Crippen LogP contribution in [0.15, 0.2) is 0 Å². The van der Waals surface area contributed by atoms with Gasteiger partial charge in [-0.05, 0) is 45.6 Å². The van der Waals surface area contributed by atoms with Gasteiger partial charge in [0.15, 0.2) is 0 Å². The molecule has 2 atom stereocenters. The number of rotatable bonds is 1. The Morgan fingerprint density at radius 1 is 1.25 bits per heavy atom. The zero-order valence-corrected chi connectivity index (χ0v) is 8.01. The Morgan fingerprint density at radius 3 is 2.17 bits per heavy atom. The third-order valence-electron chi connectivity index (χ3n) is 3.71. The van der Waals surface area contributed by atoms with E-state index in [2.05, 4.69) is 11.9 Å². The largest absolute Gasteiger partial charge is 0.310 e. The maximum Gasteiger partial charge on any atom is 0.0102 e.